The predicted octanol–water partition coefficient (Wildman–Crippen LogP) is 16.6. The van der Waals surface area contributed by atoms with E-state index in [0.29, 0.717) is 0 Å². The van der Waals surface area contributed by atoms with Gasteiger partial charge in [-0.1, -0.05) is 166 Å². The highest BCUT2D eigenvalue weighted by Gasteiger charge is 2.36. The number of rotatable bonds is 5. The summed E-state index contributed by atoms with van der Waals surface area (Å²) in [4.78, 5) is 5.13. The third-order valence-electron chi connectivity index (χ3n) is 15.1. The second-order valence-electron chi connectivity index (χ2n) is 19.0. The normalized spacial score (nSPS) is 14.9. The molecule has 0 unspecified atom stereocenters. The average molecular weight is 835 g/mol. The van der Waals surface area contributed by atoms with Gasteiger partial charge in [-0.25, -0.2) is 0 Å². The Balaban J connectivity index is 1.14. The van der Waals surface area contributed by atoms with Gasteiger partial charge in [-0.15, -0.1) is 0 Å². The highest BCUT2D eigenvalue weighted by Crippen LogP contribution is 2.53. The molecule has 0 N–H and O–H groups in total. The fourth-order valence-corrected chi connectivity index (χ4v) is 12.0. The van der Waals surface area contributed by atoms with E-state index in [0.717, 1.165) is 38.8 Å². The SMILES string of the molecule is CC1(C)c2ccccc2-c2ccc(-c3c4cc(N5CCCc6ccccc65)ccc4c(-c4ccc(-c5ccccc5)c5ccccc45)c4cc(N5CCCc6ccccc65)ccc34)cc21. The summed E-state index contributed by atoms with van der Waals surface area (Å²) in [5.74, 6) is 0. The van der Waals surface area contributed by atoms with E-state index in [1.54, 1.807) is 0 Å². The Kier molecular flexibility index (Phi) is 8.68. The molecule has 0 saturated carbocycles. The first-order chi connectivity index (χ1) is 32.0. The second-order valence-corrected chi connectivity index (χ2v) is 19.0. The van der Waals surface area contributed by atoms with Gasteiger partial charge in [0.2, 0.25) is 0 Å². The van der Waals surface area contributed by atoms with Gasteiger partial charge in [0, 0.05) is 41.3 Å². The molecule has 10 aromatic rings. The molecule has 0 fully saturated rings. The maximum absolute atomic E-state index is 2.56. The van der Waals surface area contributed by atoms with Crippen molar-refractivity contribution < 1.29 is 0 Å². The number of hydrogen-bond acceptors (Lipinski definition) is 2. The molecule has 2 heterocycles. The average Bonchev–Trinajstić information content (AvgIpc) is 3.59. The van der Waals surface area contributed by atoms with Crippen LogP contribution in [0, 0.1) is 0 Å². The molecule has 312 valence electrons. The molecule has 0 bridgehead atoms. The van der Waals surface area contributed by atoms with Crippen LogP contribution in [-0.4, -0.2) is 13.1 Å². The molecule has 13 rings (SSSR count). The summed E-state index contributed by atoms with van der Waals surface area (Å²) in [5, 5.41) is 7.66. The van der Waals surface area contributed by atoms with Crippen molar-refractivity contribution in [3.05, 3.63) is 216 Å². The zero-order chi connectivity index (χ0) is 43.2. The monoisotopic (exact) mass is 834 g/mol. The Labute approximate surface area is 382 Å². The smallest absolute Gasteiger partial charge is 0.0443 e. The van der Waals surface area contributed by atoms with Gasteiger partial charge in [-0.2, -0.15) is 0 Å². The summed E-state index contributed by atoms with van der Waals surface area (Å²) in [5.41, 5.74) is 21.0. The number of fused-ring (bicyclic) bond motifs is 8. The Morgan fingerprint density at radius 1 is 0.354 bits per heavy atom. The summed E-state index contributed by atoms with van der Waals surface area (Å²) in [6.45, 7) is 6.79. The van der Waals surface area contributed by atoms with Crippen LogP contribution >= 0.6 is 0 Å². The molecular weight excluding hydrogens is 785 g/mol. The number of nitrogens with zero attached hydrogens (tertiary/aromatic N) is 2. The first kappa shape index (κ1) is 38.1. The van der Waals surface area contributed by atoms with Crippen molar-refractivity contribution in [2.24, 2.45) is 0 Å². The van der Waals surface area contributed by atoms with E-state index in [1.807, 2.05) is 0 Å². The lowest BCUT2D eigenvalue weighted by Gasteiger charge is -2.33. The maximum atomic E-state index is 2.56. The molecule has 0 spiro atoms. The van der Waals surface area contributed by atoms with Crippen molar-refractivity contribution >= 4 is 55.1 Å². The van der Waals surface area contributed by atoms with Gasteiger partial charge in [0.25, 0.3) is 0 Å². The van der Waals surface area contributed by atoms with Crippen LogP contribution in [0.25, 0.3) is 76.8 Å². The van der Waals surface area contributed by atoms with Crippen molar-refractivity contribution in [1.29, 1.82) is 0 Å². The van der Waals surface area contributed by atoms with E-state index in [4.69, 9.17) is 0 Å². The standard InChI is InChI=1S/C63H50N2/c1-63(2)57-25-11-10-24-50(57)51-31-28-44(38-58(51)63)61-53-32-29-46(65-37-15-21-43-19-7-13-27-60(43)65)40-56(53)62(52-35-34-47(41-16-4-3-5-17-41)48-22-8-9-23-49(48)52)54-33-30-45(39-55(54)61)64-36-14-20-42-18-6-12-26-59(42)64/h3-13,16-19,22-35,38-40H,14-15,20-21,36-37H2,1-2H3. The van der Waals surface area contributed by atoms with Crippen LogP contribution in [0.15, 0.2) is 194 Å². The summed E-state index contributed by atoms with van der Waals surface area (Å²) < 4.78 is 0. The molecule has 1 aliphatic carbocycles. The summed E-state index contributed by atoms with van der Waals surface area (Å²) >= 11 is 0. The summed E-state index contributed by atoms with van der Waals surface area (Å²) in [6.07, 6.45) is 4.49. The van der Waals surface area contributed by atoms with E-state index in [2.05, 4.69) is 218 Å². The quantitative estimate of drug-likeness (QED) is 0.159. The first-order valence-corrected chi connectivity index (χ1v) is 23.6. The first-order valence-electron chi connectivity index (χ1n) is 23.6. The zero-order valence-electron chi connectivity index (χ0n) is 37.1. The number of aryl methyl sites for hydroxylation is 2. The number of para-hydroxylation sites is 2. The third kappa shape index (κ3) is 5.93. The molecule has 3 aliphatic rings. The number of anilines is 4. The lowest BCUT2D eigenvalue weighted by Crippen LogP contribution is -2.24. The van der Waals surface area contributed by atoms with Crippen LogP contribution < -0.4 is 9.80 Å². The minimum atomic E-state index is -0.121. The van der Waals surface area contributed by atoms with Crippen molar-refractivity contribution in [2.45, 2.75) is 44.9 Å². The minimum Gasteiger partial charge on any atom is -0.341 e. The molecule has 0 aromatic heterocycles. The van der Waals surface area contributed by atoms with Crippen LogP contribution in [-0.2, 0) is 18.3 Å². The van der Waals surface area contributed by atoms with Crippen LogP contribution in [0.4, 0.5) is 22.7 Å². The zero-order valence-corrected chi connectivity index (χ0v) is 37.1. The van der Waals surface area contributed by atoms with Crippen molar-refractivity contribution in [2.75, 3.05) is 22.9 Å². The molecule has 2 heteroatoms. The van der Waals surface area contributed by atoms with E-state index < -0.39 is 0 Å². The Bertz CT molecular complexity index is 3540. The number of hydrogen-bond donors (Lipinski definition) is 0. The molecule has 2 aliphatic heterocycles. The fraction of sp³-hybridized carbons (Fsp3) is 0.143. The van der Waals surface area contributed by atoms with Gasteiger partial charge in [-0.3, -0.25) is 0 Å². The number of benzene rings is 10. The minimum absolute atomic E-state index is 0.121. The second kappa shape index (κ2) is 14.8. The Morgan fingerprint density at radius 3 is 1.57 bits per heavy atom. The topological polar surface area (TPSA) is 6.48 Å². The fourth-order valence-electron chi connectivity index (χ4n) is 12.0. The molecule has 2 nitrogen and oxygen atoms in total. The van der Waals surface area contributed by atoms with Crippen LogP contribution in [0.5, 0.6) is 0 Å². The van der Waals surface area contributed by atoms with Crippen LogP contribution in [0.2, 0.25) is 0 Å². The van der Waals surface area contributed by atoms with Gasteiger partial charge >= 0.3 is 0 Å². The van der Waals surface area contributed by atoms with Gasteiger partial charge in [-0.05, 0) is 167 Å². The van der Waals surface area contributed by atoms with Crippen molar-refractivity contribution in [3.63, 3.8) is 0 Å². The highest BCUT2D eigenvalue weighted by atomic mass is 15.1. The predicted molar refractivity (Wildman–Crippen MR) is 276 cm³/mol. The van der Waals surface area contributed by atoms with Crippen molar-refractivity contribution in [1.82, 2.24) is 0 Å². The van der Waals surface area contributed by atoms with Gasteiger partial charge in [0.15, 0.2) is 0 Å². The van der Waals surface area contributed by atoms with E-state index in [-0.39, 0.29) is 5.41 Å². The molecule has 10 aromatic carbocycles. The lowest BCUT2D eigenvalue weighted by molar-refractivity contribution is 0.660. The van der Waals surface area contributed by atoms with Gasteiger partial charge < -0.3 is 9.80 Å². The molecular formula is C63H50N2. The van der Waals surface area contributed by atoms with E-state index in [1.165, 1.54) is 122 Å². The summed E-state index contributed by atoms with van der Waals surface area (Å²) in [7, 11) is 0. The van der Waals surface area contributed by atoms with E-state index in [9.17, 15) is 0 Å². The van der Waals surface area contributed by atoms with Crippen LogP contribution in [0.1, 0.15) is 48.9 Å². The molecule has 0 atom stereocenters. The maximum Gasteiger partial charge on any atom is 0.0443 e. The summed E-state index contributed by atoms with van der Waals surface area (Å²) in [6, 6.07) is 73.9. The van der Waals surface area contributed by atoms with E-state index >= 15 is 0 Å². The molecule has 0 amide bonds. The Hall–Kier alpha value is -7.42. The highest BCUT2D eigenvalue weighted by molar-refractivity contribution is 6.25. The largest absolute Gasteiger partial charge is 0.341 e. The lowest BCUT2D eigenvalue weighted by atomic mass is 9.80. The molecule has 0 saturated heterocycles. The van der Waals surface area contributed by atoms with Crippen LogP contribution in [0.3, 0.4) is 0 Å². The third-order valence-corrected chi connectivity index (χ3v) is 15.1. The van der Waals surface area contributed by atoms with Crippen molar-refractivity contribution in [3.8, 4) is 44.5 Å². The Morgan fingerprint density at radius 2 is 0.877 bits per heavy atom. The molecule has 0 radical (unpaired) electrons. The molecule has 65 heavy (non-hydrogen) atoms. The van der Waals surface area contributed by atoms with Gasteiger partial charge in [0.1, 0.15) is 0 Å². The van der Waals surface area contributed by atoms with Gasteiger partial charge in [0.05, 0.1) is 0 Å².